The van der Waals surface area contributed by atoms with Crippen molar-refractivity contribution >= 4 is 16.7 Å². The Bertz CT molecular complexity index is 1560. The monoisotopic (exact) mass is 565 g/mol. The lowest BCUT2D eigenvalue weighted by Crippen LogP contribution is -2.31. The van der Waals surface area contributed by atoms with Gasteiger partial charge >= 0.3 is 12.1 Å². The third kappa shape index (κ3) is 7.74. The Hall–Kier alpha value is -4.62. The highest BCUT2D eigenvalue weighted by atomic mass is 19.4. The lowest BCUT2D eigenvalue weighted by Gasteiger charge is -2.19. The van der Waals surface area contributed by atoms with Crippen LogP contribution in [-0.4, -0.2) is 42.0 Å². The average Bonchev–Trinajstić information content (AvgIpc) is 2.98. The van der Waals surface area contributed by atoms with Crippen LogP contribution in [0.15, 0.2) is 83.7 Å². The minimum atomic E-state index is -5.08. The highest BCUT2D eigenvalue weighted by molar-refractivity contribution is 5.99. The summed E-state index contributed by atoms with van der Waals surface area (Å²) >= 11 is 0. The number of halogens is 3. The Kier molecular flexibility index (Phi) is 10.7. The van der Waals surface area contributed by atoms with E-state index in [9.17, 15) is 23.2 Å². The first-order valence-corrected chi connectivity index (χ1v) is 12.9. The van der Waals surface area contributed by atoms with Crippen LogP contribution in [0.1, 0.15) is 30.5 Å². The molecule has 0 fully saturated rings. The van der Waals surface area contributed by atoms with Crippen molar-refractivity contribution in [2.45, 2.75) is 32.0 Å². The number of methoxy groups -OCH3 is 1. The standard InChI is InChI=1S/C29H29N3O2.C2HF3O2/c1-3-21(22-10-6-4-7-11-22)20-31-16-17-32-27(19-30)28(23-12-8-5-9-13-23)26-18-24(34-2)14-15-25(26)29(32)33;3-2(4,5)1(6)7/h4-15,18,21,31H,3,16-17,20H2,1-2H3;(H,6,7). The molecular weight excluding hydrogens is 535 g/mol. The van der Waals surface area contributed by atoms with E-state index in [0.717, 1.165) is 29.5 Å². The second-order valence-electron chi connectivity index (χ2n) is 9.09. The molecule has 10 heteroatoms. The summed E-state index contributed by atoms with van der Waals surface area (Å²) < 4.78 is 38.7. The molecule has 0 radical (unpaired) electrons. The molecule has 0 bridgehead atoms. The van der Waals surface area contributed by atoms with Crippen molar-refractivity contribution in [1.29, 1.82) is 5.26 Å². The van der Waals surface area contributed by atoms with E-state index < -0.39 is 12.1 Å². The summed E-state index contributed by atoms with van der Waals surface area (Å²) in [4.78, 5) is 22.3. The molecule has 0 aliphatic carbocycles. The maximum absolute atomic E-state index is 13.4. The second-order valence-corrected chi connectivity index (χ2v) is 9.09. The summed E-state index contributed by atoms with van der Waals surface area (Å²) in [6.45, 7) is 4.00. The molecule has 214 valence electrons. The molecule has 4 aromatic rings. The van der Waals surface area contributed by atoms with E-state index in [-0.39, 0.29) is 5.56 Å². The number of aliphatic carboxylic acids is 1. The van der Waals surface area contributed by atoms with Gasteiger partial charge in [0.15, 0.2) is 0 Å². The molecule has 0 saturated carbocycles. The number of alkyl halides is 3. The van der Waals surface area contributed by atoms with Crippen molar-refractivity contribution in [3.8, 4) is 22.9 Å². The summed E-state index contributed by atoms with van der Waals surface area (Å²) in [7, 11) is 1.60. The third-order valence-electron chi connectivity index (χ3n) is 6.56. The fourth-order valence-electron chi connectivity index (χ4n) is 4.47. The number of aromatic nitrogens is 1. The number of benzene rings is 3. The van der Waals surface area contributed by atoms with Crippen LogP contribution in [0, 0.1) is 11.3 Å². The number of rotatable bonds is 9. The van der Waals surface area contributed by atoms with E-state index in [1.807, 2.05) is 42.5 Å². The van der Waals surface area contributed by atoms with E-state index in [4.69, 9.17) is 14.6 Å². The van der Waals surface area contributed by atoms with Gasteiger partial charge in [0.2, 0.25) is 0 Å². The van der Waals surface area contributed by atoms with E-state index in [2.05, 4.69) is 42.6 Å². The van der Waals surface area contributed by atoms with Crippen molar-refractivity contribution in [2.24, 2.45) is 0 Å². The normalized spacial score (nSPS) is 11.7. The number of hydrogen-bond donors (Lipinski definition) is 2. The smallest absolute Gasteiger partial charge is 0.490 e. The quantitative estimate of drug-likeness (QED) is 0.243. The van der Waals surface area contributed by atoms with Crippen LogP contribution in [0.2, 0.25) is 0 Å². The molecule has 1 unspecified atom stereocenters. The first-order chi connectivity index (χ1) is 19.6. The van der Waals surface area contributed by atoms with Crippen molar-refractivity contribution in [3.05, 3.63) is 100 Å². The SMILES string of the molecule is CCC(CNCCn1c(C#N)c(-c2ccccc2)c2cc(OC)ccc2c1=O)c1ccccc1.O=C(O)C(F)(F)F. The molecule has 0 aliphatic rings. The molecule has 0 aliphatic heterocycles. The molecule has 2 N–H and O–H groups in total. The molecule has 1 heterocycles. The maximum atomic E-state index is 13.4. The fraction of sp³-hybridized carbons (Fsp3) is 0.258. The highest BCUT2D eigenvalue weighted by Crippen LogP contribution is 2.32. The van der Waals surface area contributed by atoms with Crippen LogP contribution in [-0.2, 0) is 11.3 Å². The van der Waals surface area contributed by atoms with E-state index in [1.54, 1.807) is 23.8 Å². The van der Waals surface area contributed by atoms with Gasteiger partial charge < -0.3 is 15.2 Å². The highest BCUT2D eigenvalue weighted by Gasteiger charge is 2.38. The molecule has 0 saturated heterocycles. The Labute approximate surface area is 235 Å². The molecule has 7 nitrogen and oxygen atoms in total. The predicted molar refractivity (Wildman–Crippen MR) is 151 cm³/mol. The van der Waals surface area contributed by atoms with Crippen LogP contribution in [0.25, 0.3) is 21.9 Å². The number of nitrogens with one attached hydrogen (secondary N) is 1. The zero-order valence-corrected chi connectivity index (χ0v) is 22.6. The van der Waals surface area contributed by atoms with E-state index in [0.29, 0.717) is 35.8 Å². The van der Waals surface area contributed by atoms with Gasteiger partial charge in [-0.15, -0.1) is 0 Å². The van der Waals surface area contributed by atoms with Gasteiger partial charge in [0.05, 0.1) is 7.11 Å². The van der Waals surface area contributed by atoms with Crippen molar-refractivity contribution in [3.63, 3.8) is 0 Å². The Morgan fingerprint density at radius 1 is 1.05 bits per heavy atom. The minimum Gasteiger partial charge on any atom is -0.497 e. The third-order valence-corrected chi connectivity index (χ3v) is 6.56. The van der Waals surface area contributed by atoms with Gasteiger partial charge in [0, 0.05) is 36.0 Å². The minimum absolute atomic E-state index is 0.161. The summed E-state index contributed by atoms with van der Waals surface area (Å²) in [5.41, 5.74) is 3.17. The number of nitriles is 1. The number of ether oxygens (including phenoxy) is 1. The molecule has 3 aromatic carbocycles. The van der Waals surface area contributed by atoms with Gasteiger partial charge in [-0.25, -0.2) is 4.79 Å². The predicted octanol–water partition coefficient (Wildman–Crippen LogP) is 5.97. The Morgan fingerprint density at radius 2 is 1.66 bits per heavy atom. The van der Waals surface area contributed by atoms with Crippen LogP contribution in [0.3, 0.4) is 0 Å². The topological polar surface area (TPSA) is 104 Å². The molecule has 1 atom stereocenters. The average molecular weight is 566 g/mol. The zero-order valence-electron chi connectivity index (χ0n) is 22.6. The Morgan fingerprint density at radius 3 is 2.20 bits per heavy atom. The Balaban J connectivity index is 0.000000587. The second kappa shape index (κ2) is 14.1. The molecular formula is C31H30F3N3O4. The molecule has 1 aromatic heterocycles. The number of carboxylic acids is 1. The number of fused-ring (bicyclic) bond motifs is 1. The molecule has 4 rings (SSSR count). The number of carboxylic acid groups (broad SMARTS) is 1. The lowest BCUT2D eigenvalue weighted by molar-refractivity contribution is -0.192. The van der Waals surface area contributed by atoms with Gasteiger partial charge in [-0.1, -0.05) is 67.6 Å². The summed E-state index contributed by atoms with van der Waals surface area (Å²) in [6, 6.07) is 27.9. The number of pyridine rings is 1. The first kappa shape index (κ1) is 30.9. The van der Waals surface area contributed by atoms with Crippen LogP contribution >= 0.6 is 0 Å². The summed E-state index contributed by atoms with van der Waals surface area (Å²) in [5, 5.41) is 22.1. The molecule has 41 heavy (non-hydrogen) atoms. The van der Waals surface area contributed by atoms with Crippen LogP contribution in [0.5, 0.6) is 5.75 Å². The summed E-state index contributed by atoms with van der Waals surface area (Å²) in [5.74, 6) is -1.70. The van der Waals surface area contributed by atoms with E-state index >= 15 is 0 Å². The number of nitrogens with zero attached hydrogens (tertiary/aromatic N) is 2. The summed E-state index contributed by atoms with van der Waals surface area (Å²) in [6.07, 6.45) is -4.06. The van der Waals surface area contributed by atoms with Crippen molar-refractivity contribution in [2.75, 3.05) is 20.2 Å². The fourth-order valence-corrected chi connectivity index (χ4v) is 4.47. The van der Waals surface area contributed by atoms with Gasteiger partial charge in [-0.05, 0) is 41.7 Å². The lowest BCUT2D eigenvalue weighted by atomic mass is 9.96. The molecule has 0 amide bonds. The molecule has 0 spiro atoms. The number of carbonyl (C=O) groups is 1. The first-order valence-electron chi connectivity index (χ1n) is 12.9. The van der Waals surface area contributed by atoms with Gasteiger partial charge in [0.1, 0.15) is 17.5 Å². The van der Waals surface area contributed by atoms with Crippen LogP contribution < -0.4 is 15.6 Å². The van der Waals surface area contributed by atoms with Gasteiger partial charge in [-0.3, -0.25) is 9.36 Å². The van der Waals surface area contributed by atoms with E-state index in [1.165, 1.54) is 5.56 Å². The maximum Gasteiger partial charge on any atom is 0.490 e. The van der Waals surface area contributed by atoms with Gasteiger partial charge in [-0.2, -0.15) is 18.4 Å². The van der Waals surface area contributed by atoms with Crippen molar-refractivity contribution in [1.82, 2.24) is 9.88 Å². The zero-order chi connectivity index (χ0) is 30.0. The van der Waals surface area contributed by atoms with Gasteiger partial charge in [0.25, 0.3) is 5.56 Å². The van der Waals surface area contributed by atoms with Crippen molar-refractivity contribution < 1.29 is 27.8 Å². The largest absolute Gasteiger partial charge is 0.497 e. The number of hydrogen-bond acceptors (Lipinski definition) is 5. The van der Waals surface area contributed by atoms with Crippen LogP contribution in [0.4, 0.5) is 13.2 Å².